The molecule has 2 nitrogen and oxygen atoms in total. The number of rotatable bonds is 9. The molecule has 0 spiro atoms. The number of amides is 1. The lowest BCUT2D eigenvalue weighted by Gasteiger charge is -2.11. The van der Waals surface area contributed by atoms with Gasteiger partial charge in [0.15, 0.2) is 0 Å². The first-order chi connectivity index (χ1) is 9.67. The highest BCUT2D eigenvalue weighted by Gasteiger charge is 2.07. The van der Waals surface area contributed by atoms with Gasteiger partial charge >= 0.3 is 0 Å². The van der Waals surface area contributed by atoms with Crippen LogP contribution in [-0.4, -0.2) is 11.9 Å². The minimum atomic E-state index is 0.0360. The van der Waals surface area contributed by atoms with Crippen molar-refractivity contribution >= 4 is 5.91 Å². The van der Waals surface area contributed by atoms with Crippen molar-refractivity contribution in [1.82, 2.24) is 5.32 Å². The third kappa shape index (κ3) is 6.23. The van der Waals surface area contributed by atoms with Crippen LogP contribution < -0.4 is 5.32 Å². The van der Waals surface area contributed by atoms with Crippen molar-refractivity contribution < 1.29 is 4.79 Å². The summed E-state index contributed by atoms with van der Waals surface area (Å²) < 4.78 is 0. The van der Waals surface area contributed by atoms with Gasteiger partial charge < -0.3 is 5.32 Å². The molecule has 0 aliphatic rings. The second-order valence-corrected chi connectivity index (χ2v) is 5.64. The second kappa shape index (κ2) is 9.57. The summed E-state index contributed by atoms with van der Waals surface area (Å²) in [6.45, 7) is 6.35. The van der Waals surface area contributed by atoms with Gasteiger partial charge in [-0.15, -0.1) is 0 Å². The maximum atomic E-state index is 11.9. The number of nitrogens with one attached hydrogen (secondary N) is 1. The fraction of sp³-hybridized carbons (Fsp3) is 0.611. The molecular weight excluding hydrogens is 246 g/mol. The Morgan fingerprint density at radius 3 is 2.30 bits per heavy atom. The molecule has 1 aromatic rings. The van der Waals surface area contributed by atoms with Crippen molar-refractivity contribution in [3.63, 3.8) is 0 Å². The van der Waals surface area contributed by atoms with Gasteiger partial charge in [0.05, 0.1) is 0 Å². The Labute approximate surface area is 124 Å². The van der Waals surface area contributed by atoms with Gasteiger partial charge in [0.25, 0.3) is 5.91 Å². The maximum absolute atomic E-state index is 11.9. The average Bonchev–Trinajstić information content (AvgIpc) is 2.47. The van der Waals surface area contributed by atoms with Gasteiger partial charge in [0, 0.05) is 11.6 Å². The van der Waals surface area contributed by atoms with Crippen LogP contribution in [0.1, 0.15) is 75.2 Å². The number of unbranched alkanes of at least 4 members (excludes halogenated alkanes) is 4. The fourth-order valence-corrected chi connectivity index (χ4v) is 2.16. The van der Waals surface area contributed by atoms with Crippen LogP contribution in [0.25, 0.3) is 0 Å². The number of hydrogen-bond acceptors (Lipinski definition) is 1. The van der Waals surface area contributed by atoms with E-state index in [1.807, 2.05) is 19.1 Å². The monoisotopic (exact) mass is 275 g/mol. The van der Waals surface area contributed by atoms with Crippen molar-refractivity contribution in [3.05, 3.63) is 35.4 Å². The predicted molar refractivity (Wildman–Crippen MR) is 86.1 cm³/mol. The Balaban J connectivity index is 2.38. The molecular formula is C18H29NO. The lowest BCUT2D eigenvalue weighted by atomic mass is 10.0. The van der Waals surface area contributed by atoms with Crippen molar-refractivity contribution in [2.24, 2.45) is 0 Å². The first-order valence-corrected chi connectivity index (χ1v) is 8.07. The van der Waals surface area contributed by atoms with Gasteiger partial charge in [-0.1, -0.05) is 51.7 Å². The lowest BCUT2D eigenvalue weighted by Crippen LogP contribution is -2.31. The number of carbonyl (C=O) groups excluding carboxylic acids is 1. The lowest BCUT2D eigenvalue weighted by molar-refractivity contribution is 0.0939. The molecule has 0 fully saturated rings. The molecule has 1 unspecified atom stereocenters. The van der Waals surface area contributed by atoms with Gasteiger partial charge in [-0.05, 0) is 43.9 Å². The van der Waals surface area contributed by atoms with Crippen LogP contribution in [0.2, 0.25) is 0 Å². The summed E-state index contributed by atoms with van der Waals surface area (Å²) in [5, 5.41) is 2.99. The van der Waals surface area contributed by atoms with Crippen LogP contribution in [0, 0.1) is 0 Å². The van der Waals surface area contributed by atoms with Crippen LogP contribution in [0.4, 0.5) is 0 Å². The molecule has 1 amide bonds. The van der Waals surface area contributed by atoms with E-state index in [0.717, 1.165) is 18.4 Å². The zero-order chi connectivity index (χ0) is 14.8. The highest BCUT2D eigenvalue weighted by atomic mass is 16.1. The predicted octanol–water partition coefficient (Wildman–Crippen LogP) is 4.73. The standard InChI is InChI=1S/C18H29NO/c1-4-6-7-8-9-10-16-11-13-17(14-12-16)18(20)19-15(3)5-2/h11-15H,4-10H2,1-3H3,(H,19,20). The highest BCUT2D eigenvalue weighted by Crippen LogP contribution is 2.10. The van der Waals surface area contributed by atoms with Crippen molar-refractivity contribution in [2.75, 3.05) is 0 Å². The highest BCUT2D eigenvalue weighted by molar-refractivity contribution is 5.94. The van der Waals surface area contributed by atoms with Crippen molar-refractivity contribution in [2.45, 2.75) is 71.8 Å². The van der Waals surface area contributed by atoms with Crippen LogP contribution in [-0.2, 0) is 6.42 Å². The summed E-state index contributed by atoms with van der Waals surface area (Å²) in [5.41, 5.74) is 2.10. The minimum Gasteiger partial charge on any atom is -0.350 e. The van der Waals surface area contributed by atoms with Gasteiger partial charge in [-0.3, -0.25) is 4.79 Å². The zero-order valence-electron chi connectivity index (χ0n) is 13.2. The quantitative estimate of drug-likeness (QED) is 0.649. The summed E-state index contributed by atoms with van der Waals surface area (Å²) >= 11 is 0. The van der Waals surface area contributed by atoms with E-state index in [-0.39, 0.29) is 11.9 Å². The van der Waals surface area contributed by atoms with Gasteiger partial charge in [-0.2, -0.15) is 0 Å². The molecule has 0 saturated carbocycles. The number of carbonyl (C=O) groups is 1. The molecule has 0 aliphatic carbocycles. The van der Waals surface area contributed by atoms with Gasteiger partial charge in [-0.25, -0.2) is 0 Å². The summed E-state index contributed by atoms with van der Waals surface area (Å²) in [5.74, 6) is 0.0360. The topological polar surface area (TPSA) is 29.1 Å². The smallest absolute Gasteiger partial charge is 0.251 e. The number of hydrogen-bond donors (Lipinski definition) is 1. The largest absolute Gasteiger partial charge is 0.350 e. The first kappa shape index (κ1) is 16.7. The van der Waals surface area contributed by atoms with Crippen molar-refractivity contribution in [1.29, 1.82) is 0 Å². The zero-order valence-corrected chi connectivity index (χ0v) is 13.2. The maximum Gasteiger partial charge on any atom is 0.251 e. The van der Waals surface area contributed by atoms with E-state index in [0.29, 0.717) is 0 Å². The van der Waals surface area contributed by atoms with Crippen LogP contribution in [0.15, 0.2) is 24.3 Å². The average molecular weight is 275 g/mol. The van der Waals surface area contributed by atoms with E-state index in [9.17, 15) is 4.79 Å². The van der Waals surface area contributed by atoms with Crippen LogP contribution >= 0.6 is 0 Å². The molecule has 0 heterocycles. The van der Waals surface area contributed by atoms with E-state index in [2.05, 4.69) is 31.3 Å². The van der Waals surface area contributed by atoms with E-state index >= 15 is 0 Å². The SMILES string of the molecule is CCCCCCCc1ccc(C(=O)NC(C)CC)cc1. The van der Waals surface area contributed by atoms with Gasteiger partial charge in [0.1, 0.15) is 0 Å². The molecule has 1 atom stereocenters. The van der Waals surface area contributed by atoms with Crippen LogP contribution in [0.5, 0.6) is 0 Å². The molecule has 0 saturated heterocycles. The van der Waals surface area contributed by atoms with E-state index in [4.69, 9.17) is 0 Å². The van der Waals surface area contributed by atoms with E-state index in [1.165, 1.54) is 37.7 Å². The summed E-state index contributed by atoms with van der Waals surface area (Å²) in [6, 6.07) is 8.30. The second-order valence-electron chi connectivity index (χ2n) is 5.64. The molecule has 0 bridgehead atoms. The molecule has 20 heavy (non-hydrogen) atoms. The molecule has 0 aliphatic heterocycles. The van der Waals surface area contributed by atoms with Crippen molar-refractivity contribution in [3.8, 4) is 0 Å². The van der Waals surface area contributed by atoms with E-state index < -0.39 is 0 Å². The molecule has 1 rings (SSSR count). The minimum absolute atomic E-state index is 0.0360. The molecule has 2 heteroatoms. The third-order valence-corrected chi connectivity index (χ3v) is 3.77. The normalized spacial score (nSPS) is 12.2. The summed E-state index contributed by atoms with van der Waals surface area (Å²) in [6.07, 6.45) is 8.61. The number of aryl methyl sites for hydroxylation is 1. The molecule has 112 valence electrons. The molecule has 1 N–H and O–H groups in total. The summed E-state index contributed by atoms with van der Waals surface area (Å²) in [4.78, 5) is 11.9. The Bertz CT molecular complexity index is 383. The Morgan fingerprint density at radius 2 is 1.70 bits per heavy atom. The Kier molecular flexibility index (Phi) is 8.01. The van der Waals surface area contributed by atoms with Gasteiger partial charge in [0.2, 0.25) is 0 Å². The molecule has 0 radical (unpaired) electrons. The summed E-state index contributed by atoms with van der Waals surface area (Å²) in [7, 11) is 0. The molecule has 1 aromatic carbocycles. The first-order valence-electron chi connectivity index (χ1n) is 8.07. The third-order valence-electron chi connectivity index (χ3n) is 3.77. The van der Waals surface area contributed by atoms with E-state index in [1.54, 1.807) is 0 Å². The number of benzene rings is 1. The fourth-order valence-electron chi connectivity index (χ4n) is 2.16. The Morgan fingerprint density at radius 1 is 1.05 bits per heavy atom. The Hall–Kier alpha value is -1.31. The van der Waals surface area contributed by atoms with Crippen LogP contribution in [0.3, 0.4) is 0 Å². The molecule has 0 aromatic heterocycles.